The summed E-state index contributed by atoms with van der Waals surface area (Å²) in [6.45, 7) is 1.99. The first-order valence-electron chi connectivity index (χ1n) is 7.93. The number of morpholine rings is 1. The number of amides is 1. The van der Waals surface area contributed by atoms with Gasteiger partial charge in [-0.25, -0.2) is 4.98 Å². The molecule has 1 saturated heterocycles. The van der Waals surface area contributed by atoms with Crippen molar-refractivity contribution in [2.24, 2.45) is 5.73 Å². The van der Waals surface area contributed by atoms with Gasteiger partial charge in [-0.2, -0.15) is 0 Å². The largest absolute Gasteiger partial charge is 0.387 e. The summed E-state index contributed by atoms with van der Waals surface area (Å²) in [7, 11) is 0. The zero-order chi connectivity index (χ0) is 16.9. The van der Waals surface area contributed by atoms with E-state index in [0.29, 0.717) is 44.8 Å². The van der Waals surface area contributed by atoms with E-state index in [1.54, 1.807) is 10.3 Å². The molecule has 1 aliphatic rings. The Bertz CT molecular complexity index is 659. The normalized spacial score (nSPS) is 19.4. The van der Waals surface area contributed by atoms with Crippen LogP contribution in [0.2, 0.25) is 0 Å². The van der Waals surface area contributed by atoms with E-state index >= 15 is 0 Å². The molecule has 8 heteroatoms. The molecule has 2 aromatic rings. The number of aliphatic hydroxyl groups is 1. The van der Waals surface area contributed by atoms with E-state index in [2.05, 4.69) is 4.98 Å². The van der Waals surface area contributed by atoms with Crippen molar-refractivity contribution in [2.45, 2.75) is 25.0 Å². The summed E-state index contributed by atoms with van der Waals surface area (Å²) in [5.41, 5.74) is 6.00. The average molecular weight is 367 g/mol. The highest BCUT2D eigenvalue weighted by Gasteiger charge is 2.31. The summed E-state index contributed by atoms with van der Waals surface area (Å²) in [5.74, 6) is -0.0961. The molecule has 0 spiro atoms. The Balaban J connectivity index is 1.70. The van der Waals surface area contributed by atoms with E-state index in [9.17, 15) is 9.90 Å². The monoisotopic (exact) mass is 367 g/mol. The first-order valence-corrected chi connectivity index (χ1v) is 9.69. The SMILES string of the molecule is NCCc1nc(C(=O)N2CCOCC2CC(O)c2cccs2)cs1. The van der Waals surface area contributed by atoms with E-state index in [-0.39, 0.29) is 11.9 Å². The highest BCUT2D eigenvalue weighted by atomic mass is 32.1. The van der Waals surface area contributed by atoms with E-state index in [4.69, 9.17) is 10.5 Å². The van der Waals surface area contributed by atoms with Gasteiger partial charge in [0.05, 0.1) is 30.4 Å². The number of aromatic nitrogens is 1. The summed E-state index contributed by atoms with van der Waals surface area (Å²) in [5, 5.41) is 15.0. The fraction of sp³-hybridized carbons (Fsp3) is 0.500. The van der Waals surface area contributed by atoms with Gasteiger partial charge < -0.3 is 20.5 Å². The van der Waals surface area contributed by atoms with Crippen LogP contribution in [0, 0.1) is 0 Å². The topological polar surface area (TPSA) is 88.7 Å². The van der Waals surface area contributed by atoms with Crippen LogP contribution in [0.1, 0.15) is 32.9 Å². The van der Waals surface area contributed by atoms with Gasteiger partial charge in [-0.1, -0.05) is 6.07 Å². The van der Waals surface area contributed by atoms with Crippen LogP contribution < -0.4 is 5.73 Å². The number of thiophene rings is 1. The lowest BCUT2D eigenvalue weighted by Gasteiger charge is -2.36. The van der Waals surface area contributed by atoms with Crippen LogP contribution in [0.15, 0.2) is 22.9 Å². The molecular weight excluding hydrogens is 346 g/mol. The van der Waals surface area contributed by atoms with Crippen LogP contribution in [-0.2, 0) is 11.2 Å². The summed E-state index contributed by atoms with van der Waals surface area (Å²) in [6, 6.07) is 3.67. The van der Waals surface area contributed by atoms with E-state index in [1.165, 1.54) is 22.7 Å². The van der Waals surface area contributed by atoms with E-state index in [0.717, 1.165) is 9.88 Å². The average Bonchev–Trinajstić information content (AvgIpc) is 3.27. The molecule has 1 fully saturated rings. The van der Waals surface area contributed by atoms with Gasteiger partial charge in [0.1, 0.15) is 5.69 Å². The van der Waals surface area contributed by atoms with Gasteiger partial charge in [0.25, 0.3) is 5.91 Å². The number of thiazole rings is 1. The number of ether oxygens (including phenoxy) is 1. The molecular formula is C16H21N3O3S2. The third-order valence-corrected chi connectivity index (χ3v) is 5.87. The number of hydrogen-bond donors (Lipinski definition) is 2. The minimum absolute atomic E-state index is 0.0961. The van der Waals surface area contributed by atoms with Gasteiger partial charge in [-0.3, -0.25) is 4.79 Å². The standard InChI is InChI=1S/C16H21N3O3S2/c17-4-3-15-18-12(10-24-15)16(21)19-5-6-22-9-11(19)8-13(20)14-2-1-7-23-14/h1-2,7,10-11,13,20H,3-6,8-9,17H2. The van der Waals surface area contributed by atoms with E-state index < -0.39 is 6.10 Å². The second-order valence-electron chi connectivity index (χ2n) is 5.66. The number of aliphatic hydroxyl groups excluding tert-OH is 1. The maximum Gasteiger partial charge on any atom is 0.273 e. The highest BCUT2D eigenvalue weighted by molar-refractivity contribution is 7.10. The number of hydrogen-bond acceptors (Lipinski definition) is 7. The second kappa shape index (κ2) is 8.17. The number of carbonyl (C=O) groups excluding carboxylic acids is 1. The molecule has 3 heterocycles. The second-order valence-corrected chi connectivity index (χ2v) is 7.58. The van der Waals surface area contributed by atoms with Crippen LogP contribution in [-0.4, -0.2) is 53.2 Å². The lowest BCUT2D eigenvalue weighted by Crippen LogP contribution is -2.49. The first kappa shape index (κ1) is 17.5. The fourth-order valence-corrected chi connectivity index (χ4v) is 4.28. The van der Waals surface area contributed by atoms with Crippen LogP contribution in [0.4, 0.5) is 0 Å². The number of rotatable bonds is 6. The van der Waals surface area contributed by atoms with Gasteiger partial charge in [0.15, 0.2) is 0 Å². The van der Waals surface area contributed by atoms with Gasteiger partial charge in [-0.15, -0.1) is 22.7 Å². The molecule has 3 rings (SSSR count). The first-order chi connectivity index (χ1) is 11.7. The van der Waals surface area contributed by atoms with Crippen LogP contribution >= 0.6 is 22.7 Å². The predicted octanol–water partition coefficient (Wildman–Crippen LogP) is 1.67. The molecule has 6 nitrogen and oxygen atoms in total. The molecule has 1 amide bonds. The highest BCUT2D eigenvalue weighted by Crippen LogP contribution is 2.27. The summed E-state index contributed by atoms with van der Waals surface area (Å²) >= 11 is 2.98. The minimum Gasteiger partial charge on any atom is -0.387 e. The fourth-order valence-electron chi connectivity index (χ4n) is 2.77. The third-order valence-electron chi connectivity index (χ3n) is 3.98. The van der Waals surface area contributed by atoms with Crippen molar-refractivity contribution < 1.29 is 14.6 Å². The Morgan fingerprint density at radius 1 is 1.54 bits per heavy atom. The Morgan fingerprint density at radius 3 is 3.17 bits per heavy atom. The van der Waals surface area contributed by atoms with Gasteiger partial charge >= 0.3 is 0 Å². The summed E-state index contributed by atoms with van der Waals surface area (Å²) in [6.07, 6.45) is 0.559. The van der Waals surface area contributed by atoms with Crippen molar-refractivity contribution in [3.8, 4) is 0 Å². The number of nitrogens with zero attached hydrogens (tertiary/aromatic N) is 2. The maximum atomic E-state index is 12.8. The molecule has 1 aliphatic heterocycles. The Morgan fingerprint density at radius 2 is 2.42 bits per heavy atom. The minimum atomic E-state index is -0.588. The van der Waals surface area contributed by atoms with Crippen molar-refractivity contribution in [1.29, 1.82) is 0 Å². The van der Waals surface area contributed by atoms with Gasteiger partial charge in [-0.05, 0) is 18.0 Å². The molecule has 3 N–H and O–H groups in total. The van der Waals surface area contributed by atoms with Crippen LogP contribution in [0.5, 0.6) is 0 Å². The predicted molar refractivity (Wildman–Crippen MR) is 94.4 cm³/mol. The Labute approximate surface area is 148 Å². The number of nitrogens with two attached hydrogens (primary N) is 1. The van der Waals surface area contributed by atoms with Crippen LogP contribution in [0.3, 0.4) is 0 Å². The third kappa shape index (κ3) is 4.01. The zero-order valence-corrected chi connectivity index (χ0v) is 14.9. The van der Waals surface area contributed by atoms with Crippen molar-refractivity contribution in [1.82, 2.24) is 9.88 Å². The molecule has 2 atom stereocenters. The van der Waals surface area contributed by atoms with Gasteiger partial charge in [0, 0.05) is 29.6 Å². The summed E-state index contributed by atoms with van der Waals surface area (Å²) < 4.78 is 5.52. The molecule has 0 bridgehead atoms. The lowest BCUT2D eigenvalue weighted by atomic mass is 10.1. The molecule has 0 aromatic carbocycles. The van der Waals surface area contributed by atoms with Crippen LogP contribution in [0.25, 0.3) is 0 Å². The van der Waals surface area contributed by atoms with Crippen molar-refractivity contribution in [3.05, 3.63) is 38.5 Å². The van der Waals surface area contributed by atoms with Gasteiger partial charge in [0.2, 0.25) is 0 Å². The smallest absolute Gasteiger partial charge is 0.273 e. The molecule has 0 radical (unpaired) electrons. The molecule has 130 valence electrons. The Kier molecular flexibility index (Phi) is 5.96. The molecule has 2 unspecified atom stereocenters. The zero-order valence-electron chi connectivity index (χ0n) is 13.3. The van der Waals surface area contributed by atoms with E-state index in [1.807, 2.05) is 17.5 Å². The molecule has 24 heavy (non-hydrogen) atoms. The van der Waals surface area contributed by atoms with Crippen molar-refractivity contribution in [2.75, 3.05) is 26.3 Å². The van der Waals surface area contributed by atoms with Crippen molar-refractivity contribution in [3.63, 3.8) is 0 Å². The molecule has 0 aliphatic carbocycles. The summed E-state index contributed by atoms with van der Waals surface area (Å²) in [4.78, 5) is 19.9. The molecule has 0 saturated carbocycles. The Hall–Kier alpha value is -1.32. The number of carbonyl (C=O) groups is 1. The lowest BCUT2D eigenvalue weighted by molar-refractivity contribution is -0.0172. The molecule has 2 aromatic heterocycles. The quantitative estimate of drug-likeness (QED) is 0.811. The van der Waals surface area contributed by atoms with Crippen molar-refractivity contribution >= 4 is 28.6 Å². The maximum absolute atomic E-state index is 12.8.